The number of nitrogens with zero attached hydrogens (tertiary/aromatic N) is 5. The van der Waals surface area contributed by atoms with E-state index in [0.29, 0.717) is 29.6 Å². The Kier molecular flexibility index (Phi) is 8.75. The van der Waals surface area contributed by atoms with Crippen LogP contribution in [-0.4, -0.2) is 90.4 Å². The molecule has 4 rings (SSSR count). The number of carbonyl (C=O) groups is 2. The number of fused-ring (bicyclic) bond motifs is 1. The zero-order valence-electron chi connectivity index (χ0n) is 20.0. The summed E-state index contributed by atoms with van der Waals surface area (Å²) >= 11 is 6.09. The molecule has 2 aliphatic rings. The van der Waals surface area contributed by atoms with Crippen LogP contribution in [0.25, 0.3) is 0 Å². The monoisotopic (exact) mass is 531 g/mol. The van der Waals surface area contributed by atoms with Crippen LogP contribution in [0.4, 0.5) is 5.69 Å². The molecule has 2 aliphatic heterocycles. The predicted molar refractivity (Wildman–Crippen MR) is 132 cm³/mol. The lowest BCUT2D eigenvalue weighted by Crippen LogP contribution is -2.52. The van der Waals surface area contributed by atoms with E-state index in [4.69, 9.17) is 35.3 Å². The molecule has 1 aromatic heterocycles. The van der Waals surface area contributed by atoms with Crippen LogP contribution in [0.5, 0.6) is 23.8 Å². The second-order valence-electron chi connectivity index (χ2n) is 7.91. The number of amides is 2. The molecule has 3 heterocycles. The number of carbonyl (C=O) groups excluding carboxylic acids is 2. The van der Waals surface area contributed by atoms with Gasteiger partial charge in [0, 0.05) is 11.6 Å². The first-order valence-electron chi connectivity index (χ1n) is 11.4. The predicted octanol–water partition coefficient (Wildman–Crippen LogP) is 1.69. The smallest absolute Gasteiger partial charge is 0.326 e. The van der Waals surface area contributed by atoms with Crippen molar-refractivity contribution in [3.8, 4) is 23.8 Å². The maximum atomic E-state index is 13.1. The molecule has 196 valence electrons. The Bertz CT molecular complexity index is 1130. The Morgan fingerprint density at radius 1 is 1.11 bits per heavy atom. The molecular formula is C24H26ClN5O7. The van der Waals surface area contributed by atoms with Gasteiger partial charge in [-0.15, -0.1) is 15.0 Å². The van der Waals surface area contributed by atoms with Gasteiger partial charge in [-0.1, -0.05) is 36.9 Å². The van der Waals surface area contributed by atoms with Gasteiger partial charge in [-0.2, -0.15) is 0 Å². The van der Waals surface area contributed by atoms with Gasteiger partial charge in [0.2, 0.25) is 5.91 Å². The minimum absolute atomic E-state index is 0.0147. The van der Waals surface area contributed by atoms with Crippen LogP contribution in [-0.2, 0) is 14.3 Å². The highest BCUT2D eigenvalue weighted by molar-refractivity contribution is 6.31. The molecule has 13 heteroatoms. The van der Waals surface area contributed by atoms with Crippen LogP contribution < -0.4 is 23.8 Å². The summed E-state index contributed by atoms with van der Waals surface area (Å²) in [5.74, 6) is -0.0693. The lowest BCUT2D eigenvalue weighted by molar-refractivity contribution is -0.139. The number of halogens is 1. The molecule has 1 unspecified atom stereocenters. The van der Waals surface area contributed by atoms with E-state index in [1.807, 2.05) is 0 Å². The zero-order chi connectivity index (χ0) is 26.2. The molecule has 2 aromatic rings. The molecule has 37 heavy (non-hydrogen) atoms. The fraction of sp³-hybridized carbons (Fsp3) is 0.375. The van der Waals surface area contributed by atoms with E-state index in [0.717, 1.165) is 0 Å². The quantitative estimate of drug-likeness (QED) is 0.395. The van der Waals surface area contributed by atoms with E-state index >= 15 is 0 Å². The molecule has 12 nitrogen and oxygen atoms in total. The van der Waals surface area contributed by atoms with Crippen molar-refractivity contribution in [1.82, 2.24) is 19.9 Å². The van der Waals surface area contributed by atoms with Crippen molar-refractivity contribution < 1.29 is 33.3 Å². The zero-order valence-corrected chi connectivity index (χ0v) is 20.8. The number of aromatic nitrogens is 3. The van der Waals surface area contributed by atoms with Crippen molar-refractivity contribution in [2.45, 2.75) is 6.10 Å². The Morgan fingerprint density at radius 3 is 2.46 bits per heavy atom. The van der Waals surface area contributed by atoms with Gasteiger partial charge >= 0.3 is 18.0 Å². The number of rotatable bonds is 11. The fourth-order valence-electron chi connectivity index (χ4n) is 3.58. The number of ether oxygens (including phenoxy) is 5. The van der Waals surface area contributed by atoms with Gasteiger partial charge in [0.05, 0.1) is 18.8 Å². The van der Waals surface area contributed by atoms with Gasteiger partial charge < -0.3 is 28.6 Å². The largest absolute Gasteiger partial charge is 0.482 e. The third-order valence-corrected chi connectivity index (χ3v) is 5.52. The molecule has 0 saturated carbocycles. The molecule has 1 aromatic carbocycles. The molecule has 1 saturated heterocycles. The van der Waals surface area contributed by atoms with Crippen molar-refractivity contribution in [2.24, 2.45) is 0 Å². The molecule has 0 bridgehead atoms. The third kappa shape index (κ3) is 6.86. The van der Waals surface area contributed by atoms with Crippen LogP contribution in [0.2, 0.25) is 5.02 Å². The summed E-state index contributed by atoms with van der Waals surface area (Å²) in [6, 6.07) is 4.95. The number of morpholine rings is 1. The fourth-order valence-corrected chi connectivity index (χ4v) is 3.75. The van der Waals surface area contributed by atoms with Crippen LogP contribution in [0.1, 0.15) is 0 Å². The third-order valence-electron chi connectivity index (χ3n) is 5.28. The van der Waals surface area contributed by atoms with Gasteiger partial charge in [-0.25, -0.2) is 0 Å². The SMILES string of the molecule is C=CCOc1nc(OCC=C)nc(OCC2CN(C(=O)CN3C(=O)COc4ccc(Cl)cc43)CCO2)n1. The van der Waals surface area contributed by atoms with Crippen molar-refractivity contribution in [3.63, 3.8) is 0 Å². The molecule has 1 atom stereocenters. The van der Waals surface area contributed by atoms with E-state index in [2.05, 4.69) is 28.1 Å². The Balaban J connectivity index is 1.37. The van der Waals surface area contributed by atoms with Gasteiger partial charge in [-0.3, -0.25) is 14.5 Å². The van der Waals surface area contributed by atoms with Gasteiger partial charge in [-0.05, 0) is 18.2 Å². The first kappa shape index (κ1) is 26.2. The second kappa shape index (κ2) is 12.4. The Morgan fingerprint density at radius 2 is 1.78 bits per heavy atom. The number of hydrogen-bond donors (Lipinski definition) is 0. The molecule has 0 radical (unpaired) electrons. The topological polar surface area (TPSA) is 125 Å². The average molecular weight is 532 g/mol. The van der Waals surface area contributed by atoms with Crippen molar-refractivity contribution >= 4 is 29.1 Å². The summed E-state index contributed by atoms with van der Waals surface area (Å²) < 4.78 is 27.7. The number of hydrogen-bond acceptors (Lipinski definition) is 10. The highest BCUT2D eigenvalue weighted by atomic mass is 35.5. The van der Waals surface area contributed by atoms with E-state index in [9.17, 15) is 9.59 Å². The maximum Gasteiger partial charge on any atom is 0.326 e. The van der Waals surface area contributed by atoms with E-state index < -0.39 is 6.10 Å². The van der Waals surface area contributed by atoms with Gasteiger partial charge in [0.1, 0.15) is 38.2 Å². The minimum Gasteiger partial charge on any atom is -0.482 e. The summed E-state index contributed by atoms with van der Waals surface area (Å²) in [7, 11) is 0. The van der Waals surface area contributed by atoms with E-state index in [1.54, 1.807) is 35.3 Å². The maximum absolute atomic E-state index is 13.1. The van der Waals surface area contributed by atoms with E-state index in [-0.39, 0.29) is 69.4 Å². The summed E-state index contributed by atoms with van der Waals surface area (Å²) in [5.41, 5.74) is 0.462. The first-order valence-corrected chi connectivity index (χ1v) is 11.8. The molecular weight excluding hydrogens is 506 g/mol. The Labute approximate surface area is 218 Å². The molecule has 0 aliphatic carbocycles. The number of benzene rings is 1. The molecule has 0 spiro atoms. The highest BCUT2D eigenvalue weighted by Gasteiger charge is 2.31. The molecule has 1 fully saturated rings. The molecule has 0 N–H and O–H groups in total. The highest BCUT2D eigenvalue weighted by Crippen LogP contribution is 2.34. The van der Waals surface area contributed by atoms with Gasteiger partial charge in [0.25, 0.3) is 5.91 Å². The van der Waals surface area contributed by atoms with E-state index in [1.165, 1.54) is 4.90 Å². The van der Waals surface area contributed by atoms with Crippen LogP contribution >= 0.6 is 11.6 Å². The lowest BCUT2D eigenvalue weighted by Gasteiger charge is -2.35. The second-order valence-corrected chi connectivity index (χ2v) is 8.34. The summed E-state index contributed by atoms with van der Waals surface area (Å²) in [6.07, 6.45) is 2.65. The normalized spacial score (nSPS) is 16.9. The Hall–Kier alpha value is -3.90. The standard InChI is InChI=1S/C24H26ClN5O7/c1-3-8-34-22-26-23(35-9-4-2)28-24(27-22)37-14-17-12-29(7-10-33-17)20(31)13-30-18-11-16(25)5-6-19(18)36-15-21(30)32/h3-6,11,17H,1-2,7-10,12-15H2. The summed E-state index contributed by atoms with van der Waals surface area (Å²) in [5, 5.41) is 0.438. The van der Waals surface area contributed by atoms with Gasteiger partial charge in [0.15, 0.2) is 6.61 Å². The first-order chi connectivity index (χ1) is 18.0. The summed E-state index contributed by atoms with van der Waals surface area (Å²) in [6.45, 7) is 8.26. The van der Waals surface area contributed by atoms with Crippen molar-refractivity contribution in [2.75, 3.05) is 57.6 Å². The molecule has 2 amide bonds. The lowest BCUT2D eigenvalue weighted by atomic mass is 10.2. The van der Waals surface area contributed by atoms with Crippen LogP contribution in [0, 0.1) is 0 Å². The summed E-state index contributed by atoms with van der Waals surface area (Å²) in [4.78, 5) is 40.9. The van der Waals surface area contributed by atoms with Crippen molar-refractivity contribution in [1.29, 1.82) is 0 Å². The van der Waals surface area contributed by atoms with Crippen LogP contribution in [0.3, 0.4) is 0 Å². The number of anilines is 1. The van der Waals surface area contributed by atoms with Crippen molar-refractivity contribution in [3.05, 3.63) is 48.5 Å². The van der Waals surface area contributed by atoms with Crippen LogP contribution in [0.15, 0.2) is 43.5 Å². The minimum atomic E-state index is -0.452. The average Bonchev–Trinajstić information content (AvgIpc) is 2.91.